The molecule has 0 spiro atoms. The van der Waals surface area contributed by atoms with Crippen molar-refractivity contribution in [3.8, 4) is 0 Å². The number of hydrogen-bond acceptors (Lipinski definition) is 3. The van der Waals surface area contributed by atoms with Crippen molar-refractivity contribution in [2.45, 2.75) is 12.7 Å². The quantitative estimate of drug-likeness (QED) is 0.903. The van der Waals surface area contributed by atoms with Crippen LogP contribution in [0.4, 0.5) is 4.39 Å². The van der Waals surface area contributed by atoms with Gasteiger partial charge in [-0.1, -0.05) is 30.7 Å². The van der Waals surface area contributed by atoms with Crippen LogP contribution >= 0.6 is 11.6 Å². The van der Waals surface area contributed by atoms with E-state index in [0.29, 0.717) is 0 Å². The van der Waals surface area contributed by atoms with Crippen LogP contribution in [0.25, 0.3) is 0 Å². The summed E-state index contributed by atoms with van der Waals surface area (Å²) in [7, 11) is -3.70. The predicted octanol–water partition coefficient (Wildman–Crippen LogP) is 2.11. The van der Waals surface area contributed by atoms with Crippen molar-refractivity contribution in [3.63, 3.8) is 0 Å². The van der Waals surface area contributed by atoms with E-state index in [1.165, 1.54) is 25.1 Å². The molecule has 1 unspecified atom stereocenters. The molecule has 0 aliphatic carbocycles. The number of carboxylic acids is 1. The summed E-state index contributed by atoms with van der Waals surface area (Å²) in [6, 6.07) is 4.06. The second-order valence-electron chi connectivity index (χ2n) is 4.01. The summed E-state index contributed by atoms with van der Waals surface area (Å²) in [5, 5.41) is 8.49. The lowest BCUT2D eigenvalue weighted by Gasteiger charge is -2.09. The summed E-state index contributed by atoms with van der Waals surface area (Å²) < 4.78 is 36.9. The Morgan fingerprint density at radius 3 is 2.67 bits per heavy atom. The highest BCUT2D eigenvalue weighted by Gasteiger charge is 2.22. The number of hydrogen-bond donors (Lipinski definition) is 1. The number of carbonyl (C=O) groups is 1. The summed E-state index contributed by atoms with van der Waals surface area (Å²) in [4.78, 5) is 10.6. The van der Waals surface area contributed by atoms with Crippen LogP contribution in [0.15, 0.2) is 18.2 Å². The van der Waals surface area contributed by atoms with Gasteiger partial charge in [0.2, 0.25) is 0 Å². The van der Waals surface area contributed by atoms with Crippen molar-refractivity contribution < 1.29 is 22.7 Å². The van der Waals surface area contributed by atoms with Gasteiger partial charge in [-0.15, -0.1) is 0 Å². The van der Waals surface area contributed by atoms with Gasteiger partial charge in [-0.3, -0.25) is 4.79 Å². The first-order valence-corrected chi connectivity index (χ1v) is 7.29. The Balaban J connectivity index is 2.90. The Hall–Kier alpha value is -1.14. The van der Waals surface area contributed by atoms with Gasteiger partial charge in [0.15, 0.2) is 9.84 Å². The average molecular weight is 295 g/mol. The number of aliphatic carboxylic acids is 1. The van der Waals surface area contributed by atoms with Crippen LogP contribution in [-0.4, -0.2) is 25.2 Å². The van der Waals surface area contributed by atoms with Crippen molar-refractivity contribution in [2.24, 2.45) is 5.92 Å². The summed E-state index contributed by atoms with van der Waals surface area (Å²) in [5.41, 5.74) is -0.0555. The molecule has 1 atom stereocenters. The van der Waals surface area contributed by atoms with Gasteiger partial charge in [-0.05, 0) is 6.07 Å². The fourth-order valence-electron chi connectivity index (χ4n) is 1.41. The zero-order valence-corrected chi connectivity index (χ0v) is 11.1. The highest BCUT2D eigenvalue weighted by molar-refractivity contribution is 7.90. The molecule has 0 fully saturated rings. The largest absolute Gasteiger partial charge is 0.481 e. The van der Waals surface area contributed by atoms with Crippen molar-refractivity contribution in [3.05, 3.63) is 34.6 Å². The second-order valence-corrected chi connectivity index (χ2v) is 6.52. The van der Waals surface area contributed by atoms with E-state index >= 15 is 0 Å². The smallest absolute Gasteiger partial charge is 0.307 e. The standard InChI is InChI=1S/C11H12ClFO4S/c1-7(11(14)15)5-18(16,17)6-8-3-2-4-9(12)10(8)13/h2-4,7H,5-6H2,1H3,(H,14,15). The third-order valence-corrected chi connectivity index (χ3v) is 4.38. The maximum Gasteiger partial charge on any atom is 0.307 e. The first-order valence-electron chi connectivity index (χ1n) is 5.09. The molecule has 0 saturated heterocycles. The van der Waals surface area contributed by atoms with Gasteiger partial charge in [0.25, 0.3) is 0 Å². The monoisotopic (exact) mass is 294 g/mol. The Morgan fingerprint density at radius 2 is 2.11 bits per heavy atom. The van der Waals surface area contributed by atoms with Crippen molar-refractivity contribution in [1.29, 1.82) is 0 Å². The van der Waals surface area contributed by atoms with E-state index in [1.807, 2.05) is 0 Å². The van der Waals surface area contributed by atoms with E-state index in [4.69, 9.17) is 16.7 Å². The topological polar surface area (TPSA) is 71.4 Å². The molecule has 0 aliphatic heterocycles. The molecule has 1 rings (SSSR count). The lowest BCUT2D eigenvalue weighted by atomic mass is 10.2. The lowest BCUT2D eigenvalue weighted by molar-refractivity contribution is -0.140. The Bertz CT molecular complexity index is 556. The molecule has 0 radical (unpaired) electrons. The molecule has 1 aromatic carbocycles. The predicted molar refractivity (Wildman–Crippen MR) is 65.7 cm³/mol. The van der Waals surface area contributed by atoms with Crippen molar-refractivity contribution >= 4 is 27.4 Å². The molecule has 0 aliphatic rings. The number of carboxylic acid groups (broad SMARTS) is 1. The maximum atomic E-state index is 13.5. The highest BCUT2D eigenvalue weighted by Crippen LogP contribution is 2.20. The van der Waals surface area contributed by atoms with E-state index in [9.17, 15) is 17.6 Å². The average Bonchev–Trinajstić information content (AvgIpc) is 2.23. The van der Waals surface area contributed by atoms with Gasteiger partial charge >= 0.3 is 5.97 Å². The summed E-state index contributed by atoms with van der Waals surface area (Å²) >= 11 is 5.53. The van der Waals surface area contributed by atoms with Gasteiger partial charge in [-0.25, -0.2) is 12.8 Å². The fourth-order valence-corrected chi connectivity index (χ4v) is 3.32. The van der Waals surface area contributed by atoms with Crippen LogP contribution in [0, 0.1) is 11.7 Å². The third-order valence-electron chi connectivity index (χ3n) is 2.33. The summed E-state index contributed by atoms with van der Waals surface area (Å²) in [6.07, 6.45) is 0. The molecule has 1 N–H and O–H groups in total. The Morgan fingerprint density at radius 1 is 1.50 bits per heavy atom. The van der Waals surface area contributed by atoms with Crippen LogP contribution in [0.1, 0.15) is 12.5 Å². The van der Waals surface area contributed by atoms with Crippen LogP contribution in [0.3, 0.4) is 0 Å². The second kappa shape index (κ2) is 5.67. The zero-order chi connectivity index (χ0) is 13.9. The van der Waals surface area contributed by atoms with E-state index < -0.39 is 39.0 Å². The molecular weight excluding hydrogens is 283 g/mol. The number of sulfone groups is 1. The van der Waals surface area contributed by atoms with E-state index in [-0.39, 0.29) is 10.6 Å². The minimum atomic E-state index is -3.70. The van der Waals surface area contributed by atoms with Gasteiger partial charge in [-0.2, -0.15) is 0 Å². The molecule has 0 saturated carbocycles. The molecular formula is C11H12ClFO4S. The number of benzene rings is 1. The molecule has 0 aromatic heterocycles. The Labute approximate surface area is 109 Å². The minimum Gasteiger partial charge on any atom is -0.481 e. The Kier molecular flexibility index (Phi) is 4.70. The van der Waals surface area contributed by atoms with Gasteiger partial charge in [0.05, 0.1) is 22.4 Å². The molecule has 0 bridgehead atoms. The molecule has 4 nitrogen and oxygen atoms in total. The number of halogens is 2. The first-order chi connectivity index (χ1) is 8.23. The minimum absolute atomic E-state index is 0.0555. The fraction of sp³-hybridized carbons (Fsp3) is 0.364. The lowest BCUT2D eigenvalue weighted by Crippen LogP contribution is -2.22. The molecule has 18 heavy (non-hydrogen) atoms. The summed E-state index contributed by atoms with van der Waals surface area (Å²) in [5.74, 6) is -4.11. The normalized spacial score (nSPS) is 13.3. The molecule has 100 valence electrons. The highest BCUT2D eigenvalue weighted by atomic mass is 35.5. The van der Waals surface area contributed by atoms with Crippen LogP contribution in [0.2, 0.25) is 5.02 Å². The molecule has 0 amide bonds. The molecule has 1 aromatic rings. The first kappa shape index (κ1) is 14.9. The third kappa shape index (κ3) is 3.96. The van der Waals surface area contributed by atoms with Gasteiger partial charge in [0, 0.05) is 5.56 Å². The molecule has 0 heterocycles. The van der Waals surface area contributed by atoms with Crippen molar-refractivity contribution in [2.75, 3.05) is 5.75 Å². The van der Waals surface area contributed by atoms with Crippen LogP contribution in [-0.2, 0) is 20.4 Å². The van der Waals surface area contributed by atoms with Crippen LogP contribution in [0.5, 0.6) is 0 Å². The maximum absolute atomic E-state index is 13.5. The van der Waals surface area contributed by atoms with E-state index in [0.717, 1.165) is 0 Å². The van der Waals surface area contributed by atoms with Crippen molar-refractivity contribution in [1.82, 2.24) is 0 Å². The number of rotatable bonds is 5. The van der Waals surface area contributed by atoms with Gasteiger partial charge < -0.3 is 5.11 Å². The van der Waals surface area contributed by atoms with Gasteiger partial charge in [0.1, 0.15) is 5.82 Å². The zero-order valence-electron chi connectivity index (χ0n) is 9.56. The summed E-state index contributed by atoms with van der Waals surface area (Å²) in [6.45, 7) is 1.29. The van der Waals surface area contributed by atoms with Crippen LogP contribution < -0.4 is 0 Å². The molecule has 7 heteroatoms. The van der Waals surface area contributed by atoms with E-state index in [1.54, 1.807) is 0 Å². The SMILES string of the molecule is CC(CS(=O)(=O)Cc1cccc(Cl)c1F)C(=O)O. The van der Waals surface area contributed by atoms with E-state index in [2.05, 4.69) is 0 Å².